The summed E-state index contributed by atoms with van der Waals surface area (Å²) in [4.78, 5) is 85.6. The number of ether oxygens (including phenoxy) is 4. The SMILES string of the molecule is O=C1O[C@@H]([C@@H]2OC(=O)c3cc(c(O)c(O)c3O)-c3c(O)c(O)c4oc(=O)c5c(c(O)c(O)c6oc(=O)c3c4c65)-c3c(cc(O)c(O)c3O)C(=O)OC[C@@H]2O)[C@@H]2OC(=O)c3c(c(O)c(O)c(O)c3[C@H]2O)-c2cc1c(O)c(O)c2O. The maximum Gasteiger partial charge on any atom is 0.345 e. The van der Waals surface area contributed by atoms with Gasteiger partial charge in [-0.25, -0.2) is 28.8 Å². The van der Waals surface area contributed by atoms with Crippen molar-refractivity contribution in [3.05, 3.63) is 66.9 Å². The average Bonchev–Trinajstić information content (AvgIpc) is 3.55. The lowest BCUT2D eigenvalue weighted by Crippen LogP contribution is -2.55. The lowest BCUT2D eigenvalue weighted by atomic mass is 9.84. The van der Waals surface area contributed by atoms with Crippen LogP contribution in [0.3, 0.4) is 0 Å². The molecule has 0 aliphatic carbocycles. The van der Waals surface area contributed by atoms with E-state index in [0.29, 0.717) is 18.2 Å². The molecule has 0 spiro atoms. The summed E-state index contributed by atoms with van der Waals surface area (Å²) in [7, 11) is 0. The standard InChI is InChI=1S/C48H28O30/c49-10-3-7-14(27(56)26(10)55)15-20-17-16-18(46(70)75-40(17)37(66)30(15)59)12(29(58)36(65)39(16)76-48(20)72)5-1-8(24(53)33(62)22(5)51)44(68)74-38(11(50)4-73-43(7)67)42-41-32(61)21-19(47(71)77-41)13(28(57)35(64)31(21)60)6-2-9(45(69)78-42)25(54)34(63)23(6)52/h1-3,11,32,38,41-42,49-66H,4H2/t11-,32+,38+,41+,42-/m0/s1. The molecule has 2 aromatic heterocycles. The third kappa shape index (κ3) is 6.24. The number of carbonyl (C=O) groups is 4. The molecule has 4 aliphatic heterocycles. The van der Waals surface area contributed by atoms with E-state index in [1.165, 1.54) is 0 Å². The van der Waals surface area contributed by atoms with Crippen LogP contribution in [0.5, 0.6) is 92.0 Å². The Balaban J connectivity index is 1.22. The minimum Gasteiger partial charge on any atom is -0.504 e. The number of aliphatic hydroxyl groups excluding tert-OH is 2. The van der Waals surface area contributed by atoms with Crippen LogP contribution in [0.2, 0.25) is 0 Å². The molecule has 0 saturated heterocycles. The molecule has 6 aromatic carbocycles. The van der Waals surface area contributed by atoms with Crippen LogP contribution < -0.4 is 11.3 Å². The van der Waals surface area contributed by atoms with E-state index >= 15 is 0 Å². The fraction of sp³-hybridized carbons (Fsp3) is 0.125. The second-order valence-corrected chi connectivity index (χ2v) is 17.6. The van der Waals surface area contributed by atoms with Gasteiger partial charge < -0.3 is 120 Å². The monoisotopic (exact) mass is 1080 g/mol. The van der Waals surface area contributed by atoms with Crippen molar-refractivity contribution in [2.24, 2.45) is 0 Å². The number of aromatic hydroxyl groups is 16. The highest BCUT2D eigenvalue weighted by Crippen LogP contribution is 2.60. The molecule has 30 heteroatoms. The Labute approximate surface area is 424 Å². The Hall–Kier alpha value is -11.1. The van der Waals surface area contributed by atoms with Gasteiger partial charge in [0, 0.05) is 49.7 Å². The van der Waals surface area contributed by atoms with Crippen molar-refractivity contribution < 1.29 is 139 Å². The Morgan fingerprint density at radius 3 is 1.33 bits per heavy atom. The molecule has 0 radical (unpaired) electrons. The molecule has 12 rings (SSSR count). The predicted octanol–water partition coefficient (Wildman–Crippen LogP) is 1.65. The molecule has 18 N–H and O–H groups in total. The second kappa shape index (κ2) is 16.2. The van der Waals surface area contributed by atoms with Crippen molar-refractivity contribution in [3.8, 4) is 125 Å². The molecule has 400 valence electrons. The van der Waals surface area contributed by atoms with Gasteiger partial charge in [-0.2, -0.15) is 0 Å². The summed E-state index contributed by atoms with van der Waals surface area (Å²) >= 11 is 0. The van der Waals surface area contributed by atoms with Crippen LogP contribution in [0.1, 0.15) is 53.1 Å². The van der Waals surface area contributed by atoms with Gasteiger partial charge in [-0.15, -0.1) is 0 Å². The maximum atomic E-state index is 14.7. The van der Waals surface area contributed by atoms with Gasteiger partial charge in [0.25, 0.3) is 0 Å². The Bertz CT molecular complexity index is 4280. The summed E-state index contributed by atoms with van der Waals surface area (Å²) in [6.45, 7) is -1.69. The molecular weight excluding hydrogens is 1060 g/mol. The molecule has 5 atom stereocenters. The number of cyclic esters (lactones) is 2. The summed E-state index contributed by atoms with van der Waals surface area (Å²) in [6, 6.07) is 1.04. The molecule has 4 aliphatic rings. The molecule has 0 amide bonds. The number of hydrogen-bond donors (Lipinski definition) is 18. The van der Waals surface area contributed by atoms with Crippen molar-refractivity contribution in [2.45, 2.75) is 30.5 Å². The van der Waals surface area contributed by atoms with E-state index < -0.39 is 258 Å². The Morgan fingerprint density at radius 1 is 0.346 bits per heavy atom. The maximum absolute atomic E-state index is 14.7. The zero-order valence-corrected chi connectivity index (χ0v) is 37.8. The largest absolute Gasteiger partial charge is 0.504 e. The number of benzene rings is 6. The lowest BCUT2D eigenvalue weighted by molar-refractivity contribution is -0.153. The van der Waals surface area contributed by atoms with Gasteiger partial charge in [0.1, 0.15) is 29.9 Å². The topological polar surface area (TPSA) is 530 Å². The molecule has 14 bridgehead atoms. The molecule has 8 aromatic rings. The smallest absolute Gasteiger partial charge is 0.345 e. The summed E-state index contributed by atoms with van der Waals surface area (Å²) in [5.41, 5.74) is -18.9. The third-order valence-electron chi connectivity index (χ3n) is 13.5. The summed E-state index contributed by atoms with van der Waals surface area (Å²) in [5.74, 6) is -32.5. The number of aliphatic hydroxyl groups is 2. The van der Waals surface area contributed by atoms with Crippen molar-refractivity contribution in [1.82, 2.24) is 0 Å². The van der Waals surface area contributed by atoms with Gasteiger partial charge in [-0.05, 0) is 18.2 Å². The predicted molar refractivity (Wildman–Crippen MR) is 245 cm³/mol. The van der Waals surface area contributed by atoms with E-state index in [0.717, 1.165) is 0 Å². The second-order valence-electron chi connectivity index (χ2n) is 17.6. The average molecular weight is 1080 g/mol. The first kappa shape index (κ1) is 49.1. The zero-order valence-electron chi connectivity index (χ0n) is 37.8. The number of phenolic OH excluding ortho intramolecular Hbond substituents is 16. The Kier molecular flexibility index (Phi) is 10.2. The number of esters is 4. The van der Waals surface area contributed by atoms with E-state index in [2.05, 4.69) is 0 Å². The van der Waals surface area contributed by atoms with Gasteiger partial charge in [0.15, 0.2) is 87.0 Å². The molecule has 6 heterocycles. The first-order chi connectivity index (χ1) is 36.7. The Morgan fingerprint density at radius 2 is 0.782 bits per heavy atom. The molecule has 78 heavy (non-hydrogen) atoms. The number of rotatable bonds is 1. The third-order valence-corrected chi connectivity index (χ3v) is 13.5. The minimum absolute atomic E-state index is 0.306. The van der Waals surface area contributed by atoms with Crippen LogP contribution >= 0.6 is 0 Å². The van der Waals surface area contributed by atoms with E-state index in [-0.39, 0.29) is 0 Å². The summed E-state index contributed by atoms with van der Waals surface area (Å²) in [6.07, 6.45) is -14.2. The number of fused-ring (bicyclic) bond motifs is 8. The van der Waals surface area contributed by atoms with Gasteiger partial charge in [-0.3, -0.25) is 0 Å². The zero-order chi connectivity index (χ0) is 56.5. The van der Waals surface area contributed by atoms with Crippen molar-refractivity contribution in [3.63, 3.8) is 0 Å². The molecule has 0 unspecified atom stereocenters. The number of phenols is 16. The highest BCUT2D eigenvalue weighted by atomic mass is 16.6. The van der Waals surface area contributed by atoms with Crippen LogP contribution in [-0.4, -0.2) is 147 Å². The van der Waals surface area contributed by atoms with Crippen LogP contribution in [0.25, 0.3) is 66.1 Å². The first-order valence-corrected chi connectivity index (χ1v) is 21.7. The summed E-state index contributed by atoms with van der Waals surface area (Å²) in [5, 5.41) is 199. The number of hydrogen-bond acceptors (Lipinski definition) is 30. The van der Waals surface area contributed by atoms with Gasteiger partial charge >= 0.3 is 35.1 Å². The minimum atomic E-state index is -2.97. The fourth-order valence-electron chi connectivity index (χ4n) is 9.87. The van der Waals surface area contributed by atoms with E-state index in [4.69, 9.17) is 27.8 Å². The van der Waals surface area contributed by atoms with E-state index in [1.54, 1.807) is 0 Å². The van der Waals surface area contributed by atoms with Crippen LogP contribution in [0.4, 0.5) is 0 Å². The van der Waals surface area contributed by atoms with Gasteiger partial charge in [-0.1, -0.05) is 0 Å². The lowest BCUT2D eigenvalue weighted by Gasteiger charge is -2.39. The molecule has 0 saturated carbocycles. The highest BCUT2D eigenvalue weighted by Gasteiger charge is 2.53. The number of carbonyl (C=O) groups excluding carboxylic acids is 4. The first-order valence-electron chi connectivity index (χ1n) is 21.7. The van der Waals surface area contributed by atoms with Crippen molar-refractivity contribution in [2.75, 3.05) is 6.61 Å². The van der Waals surface area contributed by atoms with Crippen LogP contribution in [0, 0.1) is 0 Å². The summed E-state index contributed by atoms with van der Waals surface area (Å²) < 4.78 is 32.3. The molecule has 30 nitrogen and oxygen atoms in total. The van der Waals surface area contributed by atoms with E-state index in [9.17, 15) is 121 Å². The van der Waals surface area contributed by atoms with Crippen LogP contribution in [-0.2, 0) is 18.9 Å². The van der Waals surface area contributed by atoms with E-state index in [1.807, 2.05) is 0 Å². The molecular formula is C48H28O30. The molecule has 0 fully saturated rings. The van der Waals surface area contributed by atoms with Crippen molar-refractivity contribution >= 4 is 56.6 Å². The fourth-order valence-corrected chi connectivity index (χ4v) is 9.87. The van der Waals surface area contributed by atoms with Crippen molar-refractivity contribution in [1.29, 1.82) is 0 Å². The normalized spacial score (nSPS) is 19.1. The van der Waals surface area contributed by atoms with Crippen LogP contribution in [0.15, 0.2) is 36.6 Å². The quantitative estimate of drug-likeness (QED) is 0.0365. The van der Waals surface area contributed by atoms with Gasteiger partial charge in [0.2, 0.25) is 34.5 Å². The highest BCUT2D eigenvalue weighted by molar-refractivity contribution is 6.29. The van der Waals surface area contributed by atoms with Gasteiger partial charge in [0.05, 0.1) is 21.9 Å².